The fourth-order valence-electron chi connectivity index (χ4n) is 1.40. The molecule has 1 rings (SSSR count). The maximum atomic E-state index is 5.36. The molecule has 1 fully saturated rings. The van der Waals surface area contributed by atoms with Crippen LogP contribution in [0.2, 0.25) is 0 Å². The van der Waals surface area contributed by atoms with Crippen molar-refractivity contribution in [1.29, 1.82) is 0 Å². The Morgan fingerprint density at radius 1 is 1.46 bits per heavy atom. The summed E-state index contributed by atoms with van der Waals surface area (Å²) in [4.78, 5) is 10.4. The molecule has 3 nitrogen and oxygen atoms in total. The average molecular weight is 188 g/mol. The lowest BCUT2D eigenvalue weighted by atomic mass is 10.2. The number of hydrogen-bond acceptors (Lipinski definition) is 3. The van der Waals surface area contributed by atoms with Gasteiger partial charge in [0.25, 0.3) is 0 Å². The second kappa shape index (κ2) is 6.35. The fourth-order valence-corrected chi connectivity index (χ4v) is 1.40. The molecule has 0 saturated carbocycles. The zero-order valence-corrected chi connectivity index (χ0v) is 8.62. The van der Waals surface area contributed by atoms with Gasteiger partial charge in [-0.2, -0.15) is 0 Å². The highest BCUT2D eigenvalue weighted by atomic mass is 17.2. The average Bonchev–Trinajstić information content (AvgIpc) is 2.17. The molecule has 0 aromatic carbocycles. The Balaban J connectivity index is 2.03. The Bertz CT molecular complexity index is 121. The lowest BCUT2D eigenvalue weighted by Gasteiger charge is -2.22. The predicted molar refractivity (Wildman–Crippen MR) is 50.1 cm³/mol. The third kappa shape index (κ3) is 4.60. The standard InChI is InChI=1S/C10H20O3/c1-3-6-9(2)12-13-10-7-4-5-8-11-10/h9-10H,3-8H2,1-2H3. The number of hydrogen-bond donors (Lipinski definition) is 0. The van der Waals surface area contributed by atoms with Crippen molar-refractivity contribution in [2.75, 3.05) is 6.61 Å². The van der Waals surface area contributed by atoms with Crippen LogP contribution >= 0.6 is 0 Å². The van der Waals surface area contributed by atoms with E-state index in [0.717, 1.165) is 32.3 Å². The van der Waals surface area contributed by atoms with Gasteiger partial charge in [-0.1, -0.05) is 13.3 Å². The van der Waals surface area contributed by atoms with Gasteiger partial charge in [0.05, 0.1) is 6.10 Å². The molecular formula is C10H20O3. The van der Waals surface area contributed by atoms with Crippen LogP contribution in [0.5, 0.6) is 0 Å². The van der Waals surface area contributed by atoms with Gasteiger partial charge in [0.1, 0.15) is 0 Å². The molecule has 0 radical (unpaired) electrons. The molecule has 2 atom stereocenters. The molecular weight excluding hydrogens is 168 g/mol. The number of rotatable bonds is 5. The SMILES string of the molecule is CCCC(C)OOC1CCCCO1. The van der Waals surface area contributed by atoms with E-state index in [-0.39, 0.29) is 12.4 Å². The van der Waals surface area contributed by atoms with Crippen molar-refractivity contribution in [3.05, 3.63) is 0 Å². The Labute approximate surface area is 80.3 Å². The minimum absolute atomic E-state index is 0.131. The zero-order valence-electron chi connectivity index (χ0n) is 8.62. The molecule has 1 aliphatic rings. The van der Waals surface area contributed by atoms with Gasteiger partial charge in [0.15, 0.2) is 6.29 Å². The summed E-state index contributed by atoms with van der Waals surface area (Å²) in [5, 5.41) is 0. The summed E-state index contributed by atoms with van der Waals surface area (Å²) in [5.41, 5.74) is 0. The normalized spacial score (nSPS) is 25.8. The molecule has 0 amide bonds. The minimum Gasteiger partial charge on any atom is -0.350 e. The van der Waals surface area contributed by atoms with Crippen LogP contribution in [-0.4, -0.2) is 19.0 Å². The molecule has 0 aromatic rings. The van der Waals surface area contributed by atoms with Gasteiger partial charge in [-0.3, -0.25) is 0 Å². The first-order valence-corrected chi connectivity index (χ1v) is 5.26. The molecule has 0 spiro atoms. The predicted octanol–water partition coefficient (Wildman–Crippen LogP) is 2.65. The quantitative estimate of drug-likeness (QED) is 0.490. The minimum atomic E-state index is -0.131. The molecule has 3 heteroatoms. The summed E-state index contributed by atoms with van der Waals surface area (Å²) in [6.07, 6.45) is 5.48. The van der Waals surface area contributed by atoms with Gasteiger partial charge in [0.2, 0.25) is 0 Å². The van der Waals surface area contributed by atoms with Crippen LogP contribution in [0.3, 0.4) is 0 Å². The Kier molecular flexibility index (Phi) is 5.35. The van der Waals surface area contributed by atoms with E-state index in [9.17, 15) is 0 Å². The van der Waals surface area contributed by atoms with E-state index in [0.29, 0.717) is 0 Å². The van der Waals surface area contributed by atoms with Crippen LogP contribution in [-0.2, 0) is 14.5 Å². The summed E-state index contributed by atoms with van der Waals surface area (Å²) < 4.78 is 5.36. The second-order valence-electron chi connectivity index (χ2n) is 3.59. The third-order valence-corrected chi connectivity index (χ3v) is 2.16. The second-order valence-corrected chi connectivity index (χ2v) is 3.59. The first-order valence-electron chi connectivity index (χ1n) is 5.26. The summed E-state index contributed by atoms with van der Waals surface area (Å²) in [5.74, 6) is 0. The van der Waals surface area contributed by atoms with Crippen LogP contribution in [0, 0.1) is 0 Å². The van der Waals surface area contributed by atoms with Crippen molar-refractivity contribution in [3.63, 3.8) is 0 Å². The van der Waals surface area contributed by atoms with Crippen molar-refractivity contribution >= 4 is 0 Å². The largest absolute Gasteiger partial charge is 0.350 e. The summed E-state index contributed by atoms with van der Waals surface area (Å²) >= 11 is 0. The third-order valence-electron chi connectivity index (χ3n) is 2.16. The van der Waals surface area contributed by atoms with E-state index in [1.807, 2.05) is 6.92 Å². The maximum absolute atomic E-state index is 5.36. The van der Waals surface area contributed by atoms with Gasteiger partial charge in [-0.15, -0.1) is 0 Å². The fraction of sp³-hybridized carbons (Fsp3) is 1.00. The van der Waals surface area contributed by atoms with E-state index < -0.39 is 0 Å². The van der Waals surface area contributed by atoms with Crippen molar-refractivity contribution in [2.45, 2.75) is 58.3 Å². The topological polar surface area (TPSA) is 27.7 Å². The van der Waals surface area contributed by atoms with Crippen LogP contribution < -0.4 is 0 Å². The first-order chi connectivity index (χ1) is 6.33. The Hall–Kier alpha value is -0.120. The zero-order chi connectivity index (χ0) is 9.52. The van der Waals surface area contributed by atoms with Gasteiger partial charge in [-0.25, -0.2) is 9.78 Å². The van der Waals surface area contributed by atoms with E-state index in [2.05, 4.69) is 6.92 Å². The number of ether oxygens (including phenoxy) is 1. The highest BCUT2D eigenvalue weighted by Gasteiger charge is 2.16. The van der Waals surface area contributed by atoms with Gasteiger partial charge in [0, 0.05) is 13.0 Å². The molecule has 0 aromatic heterocycles. The maximum Gasteiger partial charge on any atom is 0.191 e. The molecule has 0 N–H and O–H groups in total. The van der Waals surface area contributed by atoms with Crippen molar-refractivity contribution in [2.24, 2.45) is 0 Å². The van der Waals surface area contributed by atoms with Crippen LogP contribution in [0.4, 0.5) is 0 Å². The van der Waals surface area contributed by atoms with Crippen LogP contribution in [0.1, 0.15) is 46.0 Å². The highest BCUT2D eigenvalue weighted by molar-refractivity contribution is 4.52. The molecule has 13 heavy (non-hydrogen) atoms. The Morgan fingerprint density at radius 2 is 2.31 bits per heavy atom. The van der Waals surface area contributed by atoms with Gasteiger partial charge in [-0.05, 0) is 26.2 Å². The van der Waals surface area contributed by atoms with Crippen molar-refractivity contribution in [3.8, 4) is 0 Å². The van der Waals surface area contributed by atoms with Gasteiger partial charge < -0.3 is 4.74 Å². The summed E-state index contributed by atoms with van der Waals surface area (Å²) in [7, 11) is 0. The van der Waals surface area contributed by atoms with E-state index in [1.54, 1.807) is 0 Å². The first kappa shape index (κ1) is 11.0. The van der Waals surface area contributed by atoms with Gasteiger partial charge >= 0.3 is 0 Å². The highest BCUT2D eigenvalue weighted by Crippen LogP contribution is 2.15. The van der Waals surface area contributed by atoms with E-state index in [4.69, 9.17) is 14.5 Å². The summed E-state index contributed by atoms with van der Waals surface area (Å²) in [6, 6.07) is 0. The molecule has 0 aliphatic carbocycles. The van der Waals surface area contributed by atoms with E-state index >= 15 is 0 Å². The Morgan fingerprint density at radius 3 is 2.92 bits per heavy atom. The van der Waals surface area contributed by atoms with Crippen LogP contribution in [0.25, 0.3) is 0 Å². The lowest BCUT2D eigenvalue weighted by molar-refractivity contribution is -0.402. The van der Waals surface area contributed by atoms with E-state index in [1.165, 1.54) is 6.42 Å². The lowest BCUT2D eigenvalue weighted by Crippen LogP contribution is -2.24. The van der Waals surface area contributed by atoms with Crippen molar-refractivity contribution < 1.29 is 14.5 Å². The molecule has 2 unspecified atom stereocenters. The van der Waals surface area contributed by atoms with Crippen LogP contribution in [0.15, 0.2) is 0 Å². The molecule has 0 bridgehead atoms. The smallest absolute Gasteiger partial charge is 0.191 e. The summed E-state index contributed by atoms with van der Waals surface area (Å²) in [6.45, 7) is 4.96. The molecule has 1 heterocycles. The van der Waals surface area contributed by atoms with Crippen molar-refractivity contribution in [1.82, 2.24) is 0 Å². The monoisotopic (exact) mass is 188 g/mol. The molecule has 1 saturated heterocycles. The molecule has 1 aliphatic heterocycles. The molecule has 78 valence electrons.